The first-order valence-electron chi connectivity index (χ1n) is 7.89. The van der Waals surface area contributed by atoms with Gasteiger partial charge in [-0.1, -0.05) is 23.2 Å². The second-order valence-electron chi connectivity index (χ2n) is 5.86. The number of benzene rings is 2. The maximum Gasteiger partial charge on any atom is 0.136 e. The third kappa shape index (κ3) is 5.51. The minimum absolute atomic E-state index is 0.335. The number of methoxy groups -OCH3 is 2. The highest BCUT2D eigenvalue weighted by molar-refractivity contribution is 7.91. The number of ether oxygens (including phenoxy) is 2. The normalized spacial score (nSPS) is 13.3. The monoisotopic (exact) mass is 416 g/mol. The summed E-state index contributed by atoms with van der Waals surface area (Å²) in [5, 5.41) is 4.54. The fraction of sp³-hybridized carbons (Fsp3) is 0.333. The number of rotatable bonds is 8. The maximum absolute atomic E-state index is 12.1. The van der Waals surface area contributed by atoms with Gasteiger partial charge in [-0.2, -0.15) is 0 Å². The second kappa shape index (κ2) is 8.95. The quantitative estimate of drug-likeness (QED) is 0.626. The Morgan fingerprint density at radius 1 is 1.04 bits per heavy atom. The van der Waals surface area contributed by atoms with Crippen LogP contribution >= 0.6 is 23.2 Å². The molecule has 0 spiro atoms. The van der Waals surface area contributed by atoms with Crippen LogP contribution in [0.1, 0.15) is 11.1 Å². The zero-order valence-electron chi connectivity index (χ0n) is 14.9. The molecule has 5 nitrogen and oxygen atoms in total. The number of hydrogen-bond acceptors (Lipinski definition) is 5. The van der Waals surface area contributed by atoms with E-state index in [4.69, 9.17) is 37.5 Å². The average Bonchev–Trinajstić information content (AvgIpc) is 2.56. The molecule has 0 bridgehead atoms. The topological polar surface area (TPSA) is 71.4 Å². The summed E-state index contributed by atoms with van der Waals surface area (Å²) in [4.78, 5) is 0.335. The smallest absolute Gasteiger partial charge is 0.136 e. The highest BCUT2D eigenvalue weighted by atomic mass is 35.5. The Morgan fingerprint density at radius 2 is 1.65 bits per heavy atom. The summed E-state index contributed by atoms with van der Waals surface area (Å²) >= 11 is 12.0. The summed E-state index contributed by atoms with van der Waals surface area (Å²) in [7, 11) is 0.145. The Morgan fingerprint density at radius 3 is 2.19 bits per heavy atom. The van der Waals surface area contributed by atoms with Crippen molar-refractivity contribution in [2.24, 2.45) is 0 Å². The van der Waals surface area contributed by atoms with Crippen molar-refractivity contribution in [3.05, 3.63) is 51.5 Å². The van der Waals surface area contributed by atoms with Crippen molar-refractivity contribution in [1.29, 1.82) is 4.78 Å². The minimum Gasteiger partial charge on any atom is -0.496 e. The standard InChI is InChI=1S/C18H22Cl2N2O3S/c1-24-16-10-18(26(3,21)23)17(25-2)8-13(16)4-5-22-11-12-6-14(19)9-15(20)7-12/h6-10,21-22H,4-5,11H2,1-3H3/t26-/m1/s1. The van der Waals surface area contributed by atoms with Crippen molar-refractivity contribution in [2.75, 3.05) is 27.0 Å². The maximum atomic E-state index is 12.1. The van der Waals surface area contributed by atoms with Gasteiger partial charge in [0.25, 0.3) is 0 Å². The third-order valence-electron chi connectivity index (χ3n) is 3.81. The summed E-state index contributed by atoms with van der Waals surface area (Å²) in [6.07, 6.45) is 2.04. The van der Waals surface area contributed by atoms with Crippen LogP contribution in [0.15, 0.2) is 35.2 Å². The van der Waals surface area contributed by atoms with Gasteiger partial charge in [-0.3, -0.25) is 0 Å². The van der Waals surface area contributed by atoms with Gasteiger partial charge in [-0.25, -0.2) is 8.99 Å². The van der Waals surface area contributed by atoms with Crippen LogP contribution in [0.4, 0.5) is 0 Å². The van der Waals surface area contributed by atoms with Gasteiger partial charge in [0.1, 0.15) is 11.5 Å². The van der Waals surface area contributed by atoms with Crippen molar-refractivity contribution in [1.82, 2.24) is 5.32 Å². The van der Waals surface area contributed by atoms with Crippen molar-refractivity contribution in [3.8, 4) is 11.5 Å². The molecule has 2 rings (SSSR count). The summed E-state index contributed by atoms with van der Waals surface area (Å²) in [6.45, 7) is 1.32. The summed E-state index contributed by atoms with van der Waals surface area (Å²) in [5.41, 5.74) is 1.91. The first-order chi connectivity index (χ1) is 12.2. The molecule has 142 valence electrons. The molecule has 0 heterocycles. The molecule has 0 aromatic heterocycles. The zero-order valence-corrected chi connectivity index (χ0v) is 17.2. The molecular weight excluding hydrogens is 395 g/mol. The average molecular weight is 417 g/mol. The second-order valence-corrected chi connectivity index (χ2v) is 8.86. The van der Waals surface area contributed by atoms with E-state index in [9.17, 15) is 4.21 Å². The molecule has 0 saturated heterocycles. The Balaban J connectivity index is 2.09. The van der Waals surface area contributed by atoms with Gasteiger partial charge in [0.05, 0.1) is 28.8 Å². The Labute approximate surface area is 164 Å². The van der Waals surface area contributed by atoms with Gasteiger partial charge in [-0.15, -0.1) is 0 Å². The van der Waals surface area contributed by atoms with E-state index in [-0.39, 0.29) is 0 Å². The number of halogens is 2. The third-order valence-corrected chi connectivity index (χ3v) is 5.40. The lowest BCUT2D eigenvalue weighted by molar-refractivity contribution is 0.389. The van der Waals surface area contributed by atoms with E-state index in [2.05, 4.69) is 5.32 Å². The van der Waals surface area contributed by atoms with Crippen molar-refractivity contribution < 1.29 is 13.7 Å². The molecule has 0 radical (unpaired) electrons. The molecule has 1 atom stereocenters. The molecule has 8 heteroatoms. The lowest BCUT2D eigenvalue weighted by Gasteiger charge is -2.15. The minimum atomic E-state index is -2.91. The molecule has 0 aliphatic rings. The van der Waals surface area contributed by atoms with Crippen LogP contribution in [0.5, 0.6) is 11.5 Å². The van der Waals surface area contributed by atoms with E-state index < -0.39 is 9.73 Å². The molecular formula is C18H22Cl2N2O3S. The Kier molecular flexibility index (Phi) is 7.17. The fourth-order valence-corrected chi connectivity index (χ4v) is 4.03. The lowest BCUT2D eigenvalue weighted by atomic mass is 10.1. The molecule has 26 heavy (non-hydrogen) atoms. The van der Waals surface area contributed by atoms with Gasteiger partial charge >= 0.3 is 0 Å². The van der Waals surface area contributed by atoms with Gasteiger partial charge in [0.15, 0.2) is 0 Å². The van der Waals surface area contributed by atoms with Gasteiger partial charge < -0.3 is 14.8 Å². The molecule has 2 aromatic carbocycles. The molecule has 2 N–H and O–H groups in total. The fourth-order valence-electron chi connectivity index (χ4n) is 2.60. The van der Waals surface area contributed by atoms with Gasteiger partial charge in [0, 0.05) is 28.9 Å². The largest absolute Gasteiger partial charge is 0.496 e. The lowest BCUT2D eigenvalue weighted by Crippen LogP contribution is -2.17. The molecule has 2 aromatic rings. The van der Waals surface area contributed by atoms with E-state index in [1.54, 1.807) is 25.3 Å². The predicted molar refractivity (Wildman–Crippen MR) is 106 cm³/mol. The Hall–Kier alpha value is -1.47. The first-order valence-corrected chi connectivity index (χ1v) is 10.6. The van der Waals surface area contributed by atoms with E-state index in [1.807, 2.05) is 12.1 Å². The van der Waals surface area contributed by atoms with Crippen LogP contribution in [0.3, 0.4) is 0 Å². The van der Waals surface area contributed by atoms with Crippen molar-refractivity contribution >= 4 is 32.9 Å². The van der Waals surface area contributed by atoms with Crippen molar-refractivity contribution in [3.63, 3.8) is 0 Å². The highest BCUT2D eigenvalue weighted by Crippen LogP contribution is 2.32. The van der Waals surface area contributed by atoms with E-state index >= 15 is 0 Å². The van der Waals surface area contributed by atoms with E-state index in [1.165, 1.54) is 13.4 Å². The molecule has 0 unspecified atom stereocenters. The summed E-state index contributed by atoms with van der Waals surface area (Å²) in [6, 6.07) is 8.84. The van der Waals surface area contributed by atoms with Crippen LogP contribution in [0.2, 0.25) is 10.0 Å². The molecule has 0 fully saturated rings. The van der Waals surface area contributed by atoms with Crippen LogP contribution in [-0.4, -0.2) is 31.2 Å². The first kappa shape index (κ1) is 20.8. The molecule has 0 amide bonds. The van der Waals surface area contributed by atoms with Crippen molar-refractivity contribution in [2.45, 2.75) is 17.9 Å². The van der Waals surface area contributed by atoms with E-state index in [0.29, 0.717) is 46.0 Å². The van der Waals surface area contributed by atoms with Crippen LogP contribution in [0, 0.1) is 4.78 Å². The zero-order chi connectivity index (χ0) is 19.3. The Bertz CT molecular complexity index is 866. The van der Waals surface area contributed by atoms with E-state index in [0.717, 1.165) is 11.1 Å². The van der Waals surface area contributed by atoms with Gasteiger partial charge in [0.2, 0.25) is 0 Å². The molecule has 0 saturated carbocycles. The van der Waals surface area contributed by atoms with Crippen LogP contribution in [-0.2, 0) is 22.7 Å². The van der Waals surface area contributed by atoms with Gasteiger partial charge in [-0.05, 0) is 48.4 Å². The number of nitrogens with one attached hydrogen (secondary N) is 2. The van der Waals surface area contributed by atoms with Crippen LogP contribution < -0.4 is 14.8 Å². The predicted octanol–water partition coefficient (Wildman–Crippen LogP) is 4.38. The SMILES string of the molecule is COc1cc([S@](C)(=N)=O)c(OC)cc1CCNCc1cc(Cl)cc(Cl)c1. The number of hydrogen-bond donors (Lipinski definition) is 2. The summed E-state index contributed by atoms with van der Waals surface area (Å²) < 4.78 is 30.6. The molecule has 0 aliphatic carbocycles. The summed E-state index contributed by atoms with van der Waals surface area (Å²) in [5.74, 6) is 1.03. The highest BCUT2D eigenvalue weighted by Gasteiger charge is 2.16. The molecule has 0 aliphatic heterocycles. The van der Waals surface area contributed by atoms with Crippen LogP contribution in [0.25, 0.3) is 0 Å².